The van der Waals surface area contributed by atoms with Gasteiger partial charge >= 0.3 is 0 Å². The van der Waals surface area contributed by atoms with E-state index in [1.807, 2.05) is 0 Å². The van der Waals surface area contributed by atoms with Crippen molar-refractivity contribution in [2.75, 3.05) is 11.1 Å². The van der Waals surface area contributed by atoms with Crippen molar-refractivity contribution >= 4 is 54.9 Å². The number of halogens is 1. The van der Waals surface area contributed by atoms with E-state index in [0.717, 1.165) is 11.8 Å². The zero-order valence-electron chi connectivity index (χ0n) is 18.1. The van der Waals surface area contributed by atoms with Gasteiger partial charge in [-0.05, 0) is 42.0 Å². The third kappa shape index (κ3) is 5.51. The standard InChI is InChI=1S/C23H19FN4O4S3/c1-2-11-28-22(30)20-18(14-3-5-15(24)6-4-14)12-33-21(20)27-23(28)34-13-19(29)26-16-7-9-17(10-8-16)35(25,31)32/h2-10,12H,1,11,13H2,(H,26,29)(H2,25,31,32). The third-order valence-corrected chi connectivity index (χ3v) is 7.70. The number of carbonyl (C=O) groups excluding carboxylic acids is 1. The highest BCUT2D eigenvalue weighted by Gasteiger charge is 2.18. The first kappa shape index (κ1) is 24.8. The molecule has 2 aromatic carbocycles. The maximum atomic E-state index is 13.3. The van der Waals surface area contributed by atoms with Crippen LogP contribution in [0.2, 0.25) is 0 Å². The molecule has 4 aromatic rings. The normalized spacial score (nSPS) is 11.5. The molecular weight excluding hydrogens is 511 g/mol. The van der Waals surface area contributed by atoms with Crippen LogP contribution < -0.4 is 16.0 Å². The van der Waals surface area contributed by atoms with Gasteiger partial charge < -0.3 is 5.32 Å². The van der Waals surface area contributed by atoms with E-state index in [9.17, 15) is 22.4 Å². The number of nitrogens with one attached hydrogen (secondary N) is 1. The number of aromatic nitrogens is 2. The van der Waals surface area contributed by atoms with Gasteiger partial charge in [0.05, 0.1) is 16.0 Å². The van der Waals surface area contributed by atoms with Crippen LogP contribution in [0.25, 0.3) is 21.3 Å². The fraction of sp³-hybridized carbons (Fsp3) is 0.0870. The largest absolute Gasteiger partial charge is 0.325 e. The molecule has 2 aromatic heterocycles. The van der Waals surface area contributed by atoms with Crippen molar-refractivity contribution in [2.45, 2.75) is 16.6 Å². The monoisotopic (exact) mass is 530 g/mol. The summed E-state index contributed by atoms with van der Waals surface area (Å²) >= 11 is 2.38. The Bertz CT molecular complexity index is 1580. The van der Waals surface area contributed by atoms with E-state index in [-0.39, 0.29) is 34.5 Å². The molecule has 0 atom stereocenters. The van der Waals surface area contributed by atoms with Crippen LogP contribution in [0.4, 0.5) is 10.1 Å². The molecule has 0 bridgehead atoms. The molecule has 180 valence electrons. The number of nitrogens with zero attached hydrogens (tertiary/aromatic N) is 2. The van der Waals surface area contributed by atoms with Gasteiger partial charge in [0.15, 0.2) is 5.16 Å². The van der Waals surface area contributed by atoms with Crippen LogP contribution in [-0.4, -0.2) is 29.6 Å². The number of amides is 1. The smallest absolute Gasteiger partial charge is 0.263 e. The van der Waals surface area contributed by atoms with Crippen molar-refractivity contribution in [2.24, 2.45) is 5.14 Å². The lowest BCUT2D eigenvalue weighted by molar-refractivity contribution is -0.113. The van der Waals surface area contributed by atoms with Gasteiger partial charge in [0.25, 0.3) is 5.56 Å². The molecular formula is C23H19FN4O4S3. The van der Waals surface area contributed by atoms with Crippen molar-refractivity contribution < 1.29 is 17.6 Å². The van der Waals surface area contributed by atoms with Crippen LogP contribution in [0.15, 0.2) is 81.4 Å². The number of primary sulfonamides is 1. The molecule has 0 saturated heterocycles. The second kappa shape index (κ2) is 10.1. The molecule has 0 aliphatic heterocycles. The van der Waals surface area contributed by atoms with Crippen LogP contribution in [-0.2, 0) is 21.4 Å². The average Bonchev–Trinajstić information content (AvgIpc) is 3.24. The van der Waals surface area contributed by atoms with E-state index < -0.39 is 10.0 Å². The Kier molecular flexibility index (Phi) is 7.17. The van der Waals surface area contributed by atoms with Crippen molar-refractivity contribution in [1.29, 1.82) is 0 Å². The predicted molar refractivity (Wildman–Crippen MR) is 137 cm³/mol. The van der Waals surface area contributed by atoms with Gasteiger partial charge in [-0.2, -0.15) is 0 Å². The Morgan fingerprint density at radius 3 is 2.51 bits per heavy atom. The Balaban J connectivity index is 1.57. The Morgan fingerprint density at radius 2 is 1.89 bits per heavy atom. The van der Waals surface area contributed by atoms with E-state index in [4.69, 9.17) is 5.14 Å². The van der Waals surface area contributed by atoms with Crippen molar-refractivity contribution in [3.63, 3.8) is 0 Å². The average molecular weight is 531 g/mol. The molecule has 0 saturated carbocycles. The molecule has 12 heteroatoms. The number of hydrogen-bond donors (Lipinski definition) is 2. The number of fused-ring (bicyclic) bond motifs is 1. The highest BCUT2D eigenvalue weighted by Crippen LogP contribution is 2.32. The highest BCUT2D eigenvalue weighted by atomic mass is 32.2. The second-order valence-corrected chi connectivity index (χ2v) is 10.7. The van der Waals surface area contributed by atoms with Gasteiger partial charge in [-0.25, -0.2) is 22.9 Å². The fourth-order valence-corrected chi connectivity index (χ4v) is 5.62. The van der Waals surface area contributed by atoms with E-state index in [1.165, 1.54) is 52.3 Å². The molecule has 4 rings (SSSR count). The molecule has 0 radical (unpaired) electrons. The van der Waals surface area contributed by atoms with Crippen LogP contribution >= 0.6 is 23.1 Å². The summed E-state index contributed by atoms with van der Waals surface area (Å²) in [6.07, 6.45) is 1.57. The summed E-state index contributed by atoms with van der Waals surface area (Å²) in [7, 11) is -3.83. The molecule has 0 aliphatic rings. The maximum absolute atomic E-state index is 13.3. The first-order chi connectivity index (χ1) is 16.7. The number of allylic oxidation sites excluding steroid dienone is 1. The number of carbonyl (C=O) groups is 1. The van der Waals surface area contributed by atoms with Crippen LogP contribution in [0.3, 0.4) is 0 Å². The topological polar surface area (TPSA) is 124 Å². The number of nitrogens with two attached hydrogens (primary N) is 1. The van der Waals surface area contributed by atoms with E-state index in [2.05, 4.69) is 16.9 Å². The molecule has 2 heterocycles. The van der Waals surface area contributed by atoms with Crippen LogP contribution in [0.1, 0.15) is 0 Å². The second-order valence-electron chi connectivity index (χ2n) is 7.34. The van der Waals surface area contributed by atoms with Gasteiger partial charge in [0.1, 0.15) is 10.6 Å². The van der Waals surface area contributed by atoms with E-state index in [1.54, 1.807) is 23.6 Å². The SMILES string of the molecule is C=CCn1c(SCC(=O)Nc2ccc(S(N)(=O)=O)cc2)nc2scc(-c3ccc(F)cc3)c2c1=O. The highest BCUT2D eigenvalue weighted by molar-refractivity contribution is 7.99. The summed E-state index contributed by atoms with van der Waals surface area (Å²) in [5.41, 5.74) is 1.49. The van der Waals surface area contributed by atoms with Gasteiger partial charge in [0, 0.05) is 23.2 Å². The lowest BCUT2D eigenvalue weighted by atomic mass is 10.1. The number of rotatable bonds is 8. The molecule has 35 heavy (non-hydrogen) atoms. The molecule has 0 spiro atoms. The number of thiophene rings is 1. The van der Waals surface area contributed by atoms with E-state index in [0.29, 0.717) is 32.2 Å². The number of thioether (sulfide) groups is 1. The predicted octanol–water partition coefficient (Wildman–Crippen LogP) is 3.83. The maximum Gasteiger partial charge on any atom is 0.263 e. The summed E-state index contributed by atoms with van der Waals surface area (Å²) in [5.74, 6) is -0.772. The van der Waals surface area contributed by atoms with Crippen LogP contribution in [0, 0.1) is 5.82 Å². The number of hydrogen-bond acceptors (Lipinski definition) is 7. The van der Waals surface area contributed by atoms with Crippen molar-refractivity contribution in [3.05, 3.63) is 82.7 Å². The molecule has 3 N–H and O–H groups in total. The summed E-state index contributed by atoms with van der Waals surface area (Å²) in [6.45, 7) is 3.90. The summed E-state index contributed by atoms with van der Waals surface area (Å²) in [4.78, 5) is 30.9. The van der Waals surface area contributed by atoms with Crippen molar-refractivity contribution in [1.82, 2.24) is 9.55 Å². The van der Waals surface area contributed by atoms with Crippen LogP contribution in [0.5, 0.6) is 0 Å². The summed E-state index contributed by atoms with van der Waals surface area (Å²) < 4.78 is 37.5. The quantitative estimate of drug-likeness (QED) is 0.203. The lowest BCUT2D eigenvalue weighted by Crippen LogP contribution is -2.23. The van der Waals surface area contributed by atoms with Gasteiger partial charge in [-0.15, -0.1) is 17.9 Å². The third-order valence-electron chi connectivity index (χ3n) is 4.92. The first-order valence-corrected chi connectivity index (χ1v) is 13.5. The van der Waals surface area contributed by atoms with Gasteiger partial charge in [0.2, 0.25) is 15.9 Å². The minimum absolute atomic E-state index is 0.0395. The number of anilines is 1. The Labute approximate surface area is 208 Å². The Morgan fingerprint density at radius 1 is 1.20 bits per heavy atom. The van der Waals surface area contributed by atoms with Gasteiger partial charge in [-0.1, -0.05) is 30.0 Å². The summed E-state index contributed by atoms with van der Waals surface area (Å²) in [5, 5.41) is 10.3. The van der Waals surface area contributed by atoms with Gasteiger partial charge in [-0.3, -0.25) is 14.2 Å². The molecule has 0 unspecified atom stereocenters. The van der Waals surface area contributed by atoms with Crippen molar-refractivity contribution in [3.8, 4) is 11.1 Å². The summed E-state index contributed by atoms with van der Waals surface area (Å²) in [6, 6.07) is 11.3. The zero-order chi connectivity index (χ0) is 25.2. The lowest BCUT2D eigenvalue weighted by Gasteiger charge is -2.11. The number of benzene rings is 2. The van der Waals surface area contributed by atoms with E-state index >= 15 is 0 Å². The fourth-order valence-electron chi connectivity index (χ4n) is 3.30. The molecule has 0 fully saturated rings. The number of sulfonamides is 1. The molecule has 1 amide bonds. The molecule has 0 aliphatic carbocycles. The minimum Gasteiger partial charge on any atom is -0.325 e. The zero-order valence-corrected chi connectivity index (χ0v) is 20.6. The first-order valence-electron chi connectivity index (χ1n) is 10.1. The Hall–Kier alpha value is -3.32. The minimum atomic E-state index is -3.83. The molecule has 8 nitrogen and oxygen atoms in total.